The highest BCUT2D eigenvalue weighted by molar-refractivity contribution is 5.49. The molecule has 4 heterocycles. The minimum atomic E-state index is 0.523. The Morgan fingerprint density at radius 1 is 0.958 bits per heavy atom. The lowest BCUT2D eigenvalue weighted by molar-refractivity contribution is 0.109. The lowest BCUT2D eigenvalue weighted by atomic mass is 10.3. The second-order valence-electron chi connectivity index (χ2n) is 5.87. The molecule has 0 radical (unpaired) electrons. The molecule has 1 fully saturated rings. The van der Waals surface area contributed by atoms with Gasteiger partial charge in [0.15, 0.2) is 0 Å². The molecule has 4 rings (SSSR count). The maximum Gasteiger partial charge on any atom is 0.249 e. The summed E-state index contributed by atoms with van der Waals surface area (Å²) in [6.07, 6.45) is 5.18. The smallest absolute Gasteiger partial charge is 0.249 e. The zero-order chi connectivity index (χ0) is 16.2. The summed E-state index contributed by atoms with van der Waals surface area (Å²) in [5.74, 6) is 2.18. The van der Waals surface area contributed by atoms with E-state index in [1.807, 2.05) is 24.3 Å². The third-order valence-electron chi connectivity index (χ3n) is 4.16. The number of rotatable bonds is 5. The third-order valence-corrected chi connectivity index (χ3v) is 4.16. The van der Waals surface area contributed by atoms with E-state index < -0.39 is 0 Å². The Morgan fingerprint density at radius 3 is 2.50 bits per heavy atom. The van der Waals surface area contributed by atoms with Gasteiger partial charge in [0.2, 0.25) is 11.8 Å². The lowest BCUT2D eigenvalue weighted by Crippen LogP contribution is -2.45. The van der Waals surface area contributed by atoms with Gasteiger partial charge in [0.1, 0.15) is 5.76 Å². The van der Waals surface area contributed by atoms with E-state index in [4.69, 9.17) is 8.83 Å². The average Bonchev–Trinajstić information content (AvgIpc) is 3.29. The van der Waals surface area contributed by atoms with E-state index in [-0.39, 0.29) is 0 Å². The normalized spacial score (nSPS) is 16.5. The van der Waals surface area contributed by atoms with Gasteiger partial charge in [-0.2, -0.15) is 0 Å². The lowest BCUT2D eigenvalue weighted by Gasteiger charge is -2.33. The summed E-state index contributed by atoms with van der Waals surface area (Å²) in [5, 5.41) is 8.26. The fourth-order valence-corrected chi connectivity index (χ4v) is 2.84. The van der Waals surface area contributed by atoms with Gasteiger partial charge in [-0.1, -0.05) is 0 Å². The van der Waals surface area contributed by atoms with Crippen molar-refractivity contribution in [2.75, 3.05) is 26.2 Å². The fourth-order valence-electron chi connectivity index (χ4n) is 2.84. The van der Waals surface area contributed by atoms with Crippen LogP contribution in [0.5, 0.6) is 0 Å². The summed E-state index contributed by atoms with van der Waals surface area (Å²) < 4.78 is 11.2. The van der Waals surface area contributed by atoms with Crippen molar-refractivity contribution in [3.8, 4) is 11.5 Å². The van der Waals surface area contributed by atoms with Crippen molar-refractivity contribution in [1.82, 2.24) is 25.0 Å². The minimum absolute atomic E-state index is 0.523. The molecular formula is C17H19N5O2. The van der Waals surface area contributed by atoms with Crippen LogP contribution in [-0.4, -0.2) is 51.2 Å². The molecule has 7 nitrogen and oxygen atoms in total. The SMILES string of the molecule is c1cncc(-c2nnc(CN3CCN(Cc4ccco4)CC3)o2)c1. The third kappa shape index (κ3) is 3.52. The summed E-state index contributed by atoms with van der Waals surface area (Å²) >= 11 is 0. The Kier molecular flexibility index (Phi) is 4.35. The Morgan fingerprint density at radius 2 is 1.79 bits per heavy atom. The first-order chi connectivity index (χ1) is 11.9. The summed E-state index contributed by atoms with van der Waals surface area (Å²) in [4.78, 5) is 8.80. The zero-order valence-corrected chi connectivity index (χ0v) is 13.3. The van der Waals surface area contributed by atoms with Crippen molar-refractivity contribution in [3.63, 3.8) is 0 Å². The van der Waals surface area contributed by atoms with E-state index in [0.717, 1.165) is 44.0 Å². The van der Waals surface area contributed by atoms with E-state index in [9.17, 15) is 0 Å². The zero-order valence-electron chi connectivity index (χ0n) is 13.3. The molecule has 0 N–H and O–H groups in total. The second kappa shape index (κ2) is 6.94. The van der Waals surface area contributed by atoms with Crippen LogP contribution in [0.3, 0.4) is 0 Å². The van der Waals surface area contributed by atoms with E-state index >= 15 is 0 Å². The molecule has 3 aromatic heterocycles. The molecule has 0 aromatic carbocycles. The molecule has 0 amide bonds. The number of hydrogen-bond acceptors (Lipinski definition) is 7. The van der Waals surface area contributed by atoms with Crippen LogP contribution < -0.4 is 0 Å². The van der Waals surface area contributed by atoms with E-state index in [0.29, 0.717) is 18.3 Å². The molecule has 0 unspecified atom stereocenters. The predicted molar refractivity (Wildman–Crippen MR) is 86.8 cm³/mol. The predicted octanol–water partition coefficient (Wildman–Crippen LogP) is 2.04. The van der Waals surface area contributed by atoms with Crippen LogP contribution in [0.4, 0.5) is 0 Å². The van der Waals surface area contributed by atoms with Crippen molar-refractivity contribution >= 4 is 0 Å². The van der Waals surface area contributed by atoms with Gasteiger partial charge >= 0.3 is 0 Å². The number of furan rings is 1. The summed E-state index contributed by atoms with van der Waals surface area (Å²) in [6, 6.07) is 7.72. The fraction of sp³-hybridized carbons (Fsp3) is 0.353. The van der Waals surface area contributed by atoms with Gasteiger partial charge in [-0.25, -0.2) is 0 Å². The van der Waals surface area contributed by atoms with Crippen molar-refractivity contribution in [3.05, 3.63) is 54.6 Å². The molecule has 1 aliphatic heterocycles. The maximum atomic E-state index is 5.75. The molecule has 3 aromatic rings. The van der Waals surface area contributed by atoms with Crippen molar-refractivity contribution in [2.24, 2.45) is 0 Å². The molecule has 0 aliphatic carbocycles. The van der Waals surface area contributed by atoms with Crippen LogP contribution in [0.1, 0.15) is 11.7 Å². The molecule has 0 bridgehead atoms. The second-order valence-corrected chi connectivity index (χ2v) is 5.87. The van der Waals surface area contributed by atoms with Gasteiger partial charge in [-0.3, -0.25) is 14.8 Å². The molecule has 7 heteroatoms. The molecule has 124 valence electrons. The molecule has 1 aliphatic rings. The van der Waals surface area contributed by atoms with Crippen molar-refractivity contribution < 1.29 is 8.83 Å². The van der Waals surface area contributed by atoms with Crippen molar-refractivity contribution in [1.29, 1.82) is 0 Å². The number of piperazine rings is 1. The van der Waals surface area contributed by atoms with Crippen LogP contribution >= 0.6 is 0 Å². The Balaban J connectivity index is 1.30. The Labute approximate surface area is 139 Å². The number of nitrogens with zero attached hydrogens (tertiary/aromatic N) is 5. The highest BCUT2D eigenvalue weighted by Crippen LogP contribution is 2.17. The van der Waals surface area contributed by atoms with Crippen LogP contribution in [0.15, 0.2) is 51.8 Å². The average molecular weight is 325 g/mol. The molecule has 0 saturated carbocycles. The molecule has 0 atom stereocenters. The molecular weight excluding hydrogens is 306 g/mol. The Hall–Kier alpha value is -2.51. The van der Waals surface area contributed by atoms with Gasteiger partial charge in [0, 0.05) is 38.6 Å². The van der Waals surface area contributed by atoms with Crippen LogP contribution in [0.2, 0.25) is 0 Å². The number of pyridine rings is 1. The van der Waals surface area contributed by atoms with Crippen molar-refractivity contribution in [2.45, 2.75) is 13.1 Å². The van der Waals surface area contributed by atoms with E-state index in [1.54, 1.807) is 18.7 Å². The highest BCUT2D eigenvalue weighted by Gasteiger charge is 2.20. The summed E-state index contributed by atoms with van der Waals surface area (Å²) in [6.45, 7) is 5.51. The number of aromatic nitrogens is 3. The number of hydrogen-bond donors (Lipinski definition) is 0. The summed E-state index contributed by atoms with van der Waals surface area (Å²) in [7, 11) is 0. The van der Waals surface area contributed by atoms with Crippen LogP contribution in [-0.2, 0) is 13.1 Å². The standard InChI is InChI=1S/C17H19N5O2/c1-3-14(11-18-5-1)17-20-19-16(24-17)13-22-8-6-21(7-9-22)12-15-4-2-10-23-15/h1-5,10-11H,6-9,12-13H2. The highest BCUT2D eigenvalue weighted by atomic mass is 16.4. The topological polar surface area (TPSA) is 71.4 Å². The largest absolute Gasteiger partial charge is 0.468 e. The summed E-state index contributed by atoms with van der Waals surface area (Å²) in [5.41, 5.74) is 0.847. The van der Waals surface area contributed by atoms with Gasteiger partial charge in [-0.05, 0) is 24.3 Å². The maximum absolute atomic E-state index is 5.75. The van der Waals surface area contributed by atoms with Gasteiger partial charge in [0.05, 0.1) is 24.9 Å². The van der Waals surface area contributed by atoms with Gasteiger partial charge in [0.25, 0.3) is 0 Å². The Bertz CT molecular complexity index is 748. The first-order valence-electron chi connectivity index (χ1n) is 8.07. The van der Waals surface area contributed by atoms with Crippen LogP contribution in [0, 0.1) is 0 Å². The first kappa shape index (κ1) is 15.0. The van der Waals surface area contributed by atoms with Gasteiger partial charge in [-0.15, -0.1) is 10.2 Å². The molecule has 0 spiro atoms. The van der Waals surface area contributed by atoms with Crippen LogP contribution in [0.25, 0.3) is 11.5 Å². The van der Waals surface area contributed by atoms with Gasteiger partial charge < -0.3 is 8.83 Å². The van der Waals surface area contributed by atoms with E-state index in [2.05, 4.69) is 25.0 Å². The minimum Gasteiger partial charge on any atom is -0.468 e. The quantitative estimate of drug-likeness (QED) is 0.711. The molecule has 1 saturated heterocycles. The monoisotopic (exact) mass is 325 g/mol. The van der Waals surface area contributed by atoms with E-state index in [1.165, 1.54) is 0 Å². The first-order valence-corrected chi connectivity index (χ1v) is 8.07. The molecule has 24 heavy (non-hydrogen) atoms.